The fraction of sp³-hybridized carbons (Fsp3) is 0.700. The van der Waals surface area contributed by atoms with Gasteiger partial charge in [0.1, 0.15) is 0 Å². The van der Waals surface area contributed by atoms with Crippen molar-refractivity contribution in [3.8, 4) is 0 Å². The van der Waals surface area contributed by atoms with Crippen molar-refractivity contribution in [2.75, 3.05) is 6.61 Å². The van der Waals surface area contributed by atoms with Gasteiger partial charge in [0.15, 0.2) is 0 Å². The molecule has 1 saturated heterocycles. The molecule has 1 heterocycles. The SMILES string of the molecule is C=C[C@]1(C)CC=C2[C@@H](CC[C@@H]3[C@]2(C)C(=O)OCC[C@@]3(C)C(=O)O)C1. The van der Waals surface area contributed by atoms with E-state index < -0.39 is 16.8 Å². The Morgan fingerprint density at radius 2 is 2.08 bits per heavy atom. The first-order chi connectivity index (χ1) is 11.2. The lowest BCUT2D eigenvalue weighted by molar-refractivity contribution is -0.160. The molecule has 0 bridgehead atoms. The van der Waals surface area contributed by atoms with Crippen molar-refractivity contribution >= 4 is 11.9 Å². The van der Waals surface area contributed by atoms with Gasteiger partial charge in [-0.1, -0.05) is 24.6 Å². The summed E-state index contributed by atoms with van der Waals surface area (Å²) in [5.74, 6) is -0.960. The molecule has 0 aromatic carbocycles. The first-order valence-corrected chi connectivity index (χ1v) is 8.92. The lowest BCUT2D eigenvalue weighted by Gasteiger charge is -2.52. The third kappa shape index (κ3) is 2.26. The molecule has 5 atom stereocenters. The zero-order valence-electron chi connectivity index (χ0n) is 14.9. The molecule has 24 heavy (non-hydrogen) atoms. The number of hydrogen-bond donors (Lipinski definition) is 1. The van der Waals surface area contributed by atoms with E-state index in [1.807, 2.05) is 13.0 Å². The van der Waals surface area contributed by atoms with Gasteiger partial charge in [-0.3, -0.25) is 9.59 Å². The van der Waals surface area contributed by atoms with Crippen molar-refractivity contribution in [2.24, 2.45) is 28.1 Å². The van der Waals surface area contributed by atoms with Crippen LogP contribution in [0.5, 0.6) is 0 Å². The quantitative estimate of drug-likeness (QED) is 0.614. The minimum atomic E-state index is -0.925. The molecule has 132 valence electrons. The number of rotatable bonds is 2. The van der Waals surface area contributed by atoms with Gasteiger partial charge in [0, 0.05) is 0 Å². The molecular weight excluding hydrogens is 304 g/mol. The number of hydrogen-bond acceptors (Lipinski definition) is 3. The maximum atomic E-state index is 12.9. The van der Waals surface area contributed by atoms with Crippen LogP contribution in [0, 0.1) is 28.1 Å². The average Bonchev–Trinajstić information content (AvgIpc) is 2.63. The number of cyclic esters (lactones) is 1. The maximum absolute atomic E-state index is 12.9. The van der Waals surface area contributed by atoms with Gasteiger partial charge in [0.05, 0.1) is 17.4 Å². The maximum Gasteiger partial charge on any atom is 0.316 e. The topological polar surface area (TPSA) is 63.6 Å². The highest BCUT2D eigenvalue weighted by atomic mass is 16.5. The molecule has 0 amide bonds. The van der Waals surface area contributed by atoms with Crippen molar-refractivity contribution in [1.82, 2.24) is 0 Å². The van der Waals surface area contributed by atoms with Crippen molar-refractivity contribution in [3.63, 3.8) is 0 Å². The summed E-state index contributed by atoms with van der Waals surface area (Å²) in [5, 5.41) is 9.88. The smallest absolute Gasteiger partial charge is 0.316 e. The van der Waals surface area contributed by atoms with Gasteiger partial charge in [0.25, 0.3) is 0 Å². The molecule has 0 aromatic rings. The van der Waals surface area contributed by atoms with E-state index in [1.165, 1.54) is 0 Å². The third-order valence-electron chi connectivity index (χ3n) is 7.07. The van der Waals surface area contributed by atoms with E-state index in [-0.39, 0.29) is 23.9 Å². The van der Waals surface area contributed by atoms with Gasteiger partial charge >= 0.3 is 11.9 Å². The van der Waals surface area contributed by atoms with Gasteiger partial charge < -0.3 is 9.84 Å². The number of ether oxygens (including phenoxy) is 1. The Balaban J connectivity index is 2.10. The molecule has 0 aromatic heterocycles. The van der Waals surface area contributed by atoms with Crippen LogP contribution in [0.3, 0.4) is 0 Å². The minimum Gasteiger partial charge on any atom is -0.481 e. The van der Waals surface area contributed by atoms with E-state index in [0.29, 0.717) is 12.3 Å². The van der Waals surface area contributed by atoms with E-state index in [2.05, 4.69) is 19.6 Å². The standard InChI is InChI=1S/C20H28O4/c1-5-18(2)9-8-14-13(12-18)6-7-15-19(3,16(21)22)10-11-24-17(23)20(14,15)4/h5,8,13,15H,1,6-7,9-12H2,2-4H3,(H,21,22)/t13-,15-,18+,19+,20+/m0/s1. The highest BCUT2D eigenvalue weighted by molar-refractivity contribution is 5.84. The molecule has 0 spiro atoms. The molecule has 0 radical (unpaired) electrons. The number of carbonyl (C=O) groups is 2. The summed E-state index contributed by atoms with van der Waals surface area (Å²) in [4.78, 5) is 24.9. The first-order valence-electron chi connectivity index (χ1n) is 8.92. The number of fused-ring (bicyclic) bond motifs is 3. The number of carbonyl (C=O) groups excluding carboxylic acids is 1. The minimum absolute atomic E-state index is 0.0576. The van der Waals surface area contributed by atoms with E-state index in [4.69, 9.17) is 4.74 Å². The molecule has 1 saturated carbocycles. The van der Waals surface area contributed by atoms with Gasteiger partial charge in [-0.25, -0.2) is 0 Å². The van der Waals surface area contributed by atoms with E-state index >= 15 is 0 Å². The van der Waals surface area contributed by atoms with Gasteiger partial charge in [-0.2, -0.15) is 0 Å². The highest BCUT2D eigenvalue weighted by Gasteiger charge is 2.61. The summed E-state index contributed by atoms with van der Waals surface area (Å²) in [6.45, 7) is 10.1. The Morgan fingerprint density at radius 1 is 1.38 bits per heavy atom. The Labute approximate surface area is 144 Å². The monoisotopic (exact) mass is 332 g/mol. The van der Waals surface area contributed by atoms with Crippen molar-refractivity contribution in [1.29, 1.82) is 0 Å². The summed E-state index contributed by atoms with van der Waals surface area (Å²) in [5.41, 5.74) is -0.583. The summed E-state index contributed by atoms with van der Waals surface area (Å²) in [6.07, 6.45) is 8.09. The lowest BCUT2D eigenvalue weighted by atomic mass is 9.50. The van der Waals surface area contributed by atoms with Crippen molar-refractivity contribution in [3.05, 3.63) is 24.3 Å². The molecule has 1 N–H and O–H groups in total. The largest absolute Gasteiger partial charge is 0.481 e. The Hall–Kier alpha value is -1.58. The number of aliphatic carboxylic acids is 1. The zero-order valence-corrected chi connectivity index (χ0v) is 14.9. The number of carboxylic acids is 1. The third-order valence-corrected chi connectivity index (χ3v) is 7.07. The van der Waals surface area contributed by atoms with Crippen LogP contribution in [0.4, 0.5) is 0 Å². The summed E-state index contributed by atoms with van der Waals surface area (Å²) < 4.78 is 5.49. The first kappa shape index (κ1) is 17.2. The van der Waals surface area contributed by atoms with Crippen LogP contribution >= 0.6 is 0 Å². The Bertz CT molecular complexity index is 621. The van der Waals surface area contributed by atoms with E-state index in [0.717, 1.165) is 31.3 Å². The second-order valence-electron chi connectivity index (χ2n) is 8.56. The molecule has 3 aliphatic rings. The molecular formula is C20H28O4. The van der Waals surface area contributed by atoms with Gasteiger partial charge in [0.2, 0.25) is 0 Å². The summed E-state index contributed by atoms with van der Waals surface area (Å²) >= 11 is 0. The fourth-order valence-corrected chi connectivity index (χ4v) is 5.34. The second-order valence-corrected chi connectivity index (χ2v) is 8.56. The van der Waals surface area contributed by atoms with Crippen LogP contribution in [-0.4, -0.2) is 23.7 Å². The van der Waals surface area contributed by atoms with Crippen LogP contribution < -0.4 is 0 Å². The molecule has 2 aliphatic carbocycles. The molecule has 4 nitrogen and oxygen atoms in total. The number of esters is 1. The van der Waals surface area contributed by atoms with Crippen LogP contribution in [0.25, 0.3) is 0 Å². The van der Waals surface area contributed by atoms with Crippen LogP contribution in [0.15, 0.2) is 24.3 Å². The van der Waals surface area contributed by atoms with E-state index in [1.54, 1.807) is 6.92 Å². The fourth-order valence-electron chi connectivity index (χ4n) is 5.34. The summed E-state index contributed by atoms with van der Waals surface area (Å²) in [6, 6.07) is 0. The van der Waals surface area contributed by atoms with Crippen molar-refractivity contribution in [2.45, 2.75) is 52.9 Å². The molecule has 1 aliphatic heterocycles. The molecule has 0 unspecified atom stereocenters. The average molecular weight is 332 g/mol. The predicted molar refractivity (Wildman–Crippen MR) is 91.3 cm³/mol. The van der Waals surface area contributed by atoms with Crippen molar-refractivity contribution < 1.29 is 19.4 Å². The van der Waals surface area contributed by atoms with E-state index in [9.17, 15) is 14.7 Å². The van der Waals surface area contributed by atoms with Crippen LogP contribution in [-0.2, 0) is 14.3 Å². The number of allylic oxidation sites excluding steroid dienone is 2. The normalized spacial score (nSPS) is 45.1. The lowest BCUT2D eigenvalue weighted by Crippen LogP contribution is -2.52. The molecule has 4 heteroatoms. The number of carboxylic acid groups (broad SMARTS) is 1. The molecule has 3 rings (SSSR count). The predicted octanol–water partition coefficient (Wildman–Crippen LogP) is 3.97. The Kier molecular flexibility index (Phi) is 3.93. The zero-order chi connectivity index (χ0) is 17.8. The Morgan fingerprint density at radius 3 is 2.71 bits per heavy atom. The molecule has 2 fully saturated rings. The van der Waals surface area contributed by atoms with Gasteiger partial charge in [-0.05, 0) is 63.2 Å². The van der Waals surface area contributed by atoms with Crippen LogP contribution in [0.1, 0.15) is 52.9 Å². The van der Waals surface area contributed by atoms with Crippen LogP contribution in [0.2, 0.25) is 0 Å². The second kappa shape index (κ2) is 5.47. The highest BCUT2D eigenvalue weighted by Crippen LogP contribution is 2.60. The summed E-state index contributed by atoms with van der Waals surface area (Å²) in [7, 11) is 0. The van der Waals surface area contributed by atoms with Gasteiger partial charge in [-0.15, -0.1) is 6.58 Å².